The van der Waals surface area contributed by atoms with Crippen molar-refractivity contribution in [3.05, 3.63) is 29.8 Å². The van der Waals surface area contributed by atoms with Crippen LogP contribution in [-0.4, -0.2) is 38.4 Å². The molecule has 1 fully saturated rings. The fourth-order valence-electron chi connectivity index (χ4n) is 2.66. The zero-order chi connectivity index (χ0) is 13.0. The van der Waals surface area contributed by atoms with Gasteiger partial charge in [-0.3, -0.25) is 0 Å². The summed E-state index contributed by atoms with van der Waals surface area (Å²) in [5, 5.41) is 3.41. The molecule has 1 aliphatic rings. The van der Waals surface area contributed by atoms with Gasteiger partial charge in [0.15, 0.2) is 0 Å². The van der Waals surface area contributed by atoms with Gasteiger partial charge in [0.25, 0.3) is 0 Å². The molecule has 0 spiro atoms. The average Bonchev–Trinajstić information content (AvgIpc) is 2.42. The number of likely N-dealkylation sites (N-methyl/N-ethyl adjacent to an activating group) is 1. The first-order valence-electron chi connectivity index (χ1n) is 6.88. The quantitative estimate of drug-likeness (QED) is 0.884. The number of para-hydroxylation sites is 1. The van der Waals surface area contributed by atoms with Crippen LogP contribution in [0.5, 0.6) is 0 Å². The molecule has 0 bridgehead atoms. The molecule has 1 N–H and O–H groups in total. The largest absolute Gasteiger partial charge is 0.373 e. The zero-order valence-corrected chi connectivity index (χ0v) is 11.6. The van der Waals surface area contributed by atoms with E-state index in [1.165, 1.54) is 11.3 Å². The highest BCUT2D eigenvalue weighted by atomic mass is 16.5. The molecule has 0 amide bonds. The van der Waals surface area contributed by atoms with Crippen LogP contribution < -0.4 is 10.2 Å². The lowest BCUT2D eigenvalue weighted by atomic mass is 10.1. The minimum atomic E-state index is 0.276. The third-order valence-corrected chi connectivity index (χ3v) is 3.75. The van der Waals surface area contributed by atoms with Crippen LogP contribution in [0.25, 0.3) is 0 Å². The van der Waals surface area contributed by atoms with Gasteiger partial charge in [0.05, 0.1) is 18.8 Å². The van der Waals surface area contributed by atoms with E-state index in [0.29, 0.717) is 6.04 Å². The zero-order valence-electron chi connectivity index (χ0n) is 11.6. The Labute approximate surface area is 110 Å². The number of nitrogens with zero attached hydrogens (tertiary/aromatic N) is 1. The normalized spacial score (nSPS) is 21.6. The van der Waals surface area contributed by atoms with Crippen molar-refractivity contribution in [1.29, 1.82) is 0 Å². The van der Waals surface area contributed by atoms with Crippen molar-refractivity contribution in [1.82, 2.24) is 5.32 Å². The van der Waals surface area contributed by atoms with E-state index in [2.05, 4.69) is 55.3 Å². The van der Waals surface area contributed by atoms with E-state index in [1.54, 1.807) is 0 Å². The second-order valence-electron chi connectivity index (χ2n) is 4.93. The van der Waals surface area contributed by atoms with Gasteiger partial charge in [-0.25, -0.2) is 0 Å². The van der Waals surface area contributed by atoms with Crippen LogP contribution >= 0.6 is 0 Å². The lowest BCUT2D eigenvalue weighted by Crippen LogP contribution is -2.51. The molecule has 1 heterocycles. The molecule has 1 saturated heterocycles. The Balaban J connectivity index is 2.14. The van der Waals surface area contributed by atoms with Crippen molar-refractivity contribution < 1.29 is 4.74 Å². The summed E-state index contributed by atoms with van der Waals surface area (Å²) in [7, 11) is 0. The van der Waals surface area contributed by atoms with Gasteiger partial charge in [-0.2, -0.15) is 0 Å². The summed E-state index contributed by atoms with van der Waals surface area (Å²) in [5.41, 5.74) is 2.65. The minimum absolute atomic E-state index is 0.276. The standard InChI is InChI=1S/C15H24N2O/c1-4-17(14-8-6-5-7-12(14)2)13(3)15-11-16-9-10-18-15/h5-8,13,15-16H,4,9-11H2,1-3H3. The van der Waals surface area contributed by atoms with E-state index >= 15 is 0 Å². The van der Waals surface area contributed by atoms with E-state index in [0.717, 1.165) is 26.2 Å². The van der Waals surface area contributed by atoms with Crippen LogP contribution in [0.15, 0.2) is 24.3 Å². The summed E-state index contributed by atoms with van der Waals surface area (Å²) < 4.78 is 5.88. The second kappa shape index (κ2) is 6.21. The molecule has 0 aromatic heterocycles. The number of benzene rings is 1. The first-order valence-corrected chi connectivity index (χ1v) is 6.88. The van der Waals surface area contributed by atoms with E-state index < -0.39 is 0 Å². The van der Waals surface area contributed by atoms with Crippen molar-refractivity contribution in [2.24, 2.45) is 0 Å². The Bertz CT molecular complexity index is 375. The predicted molar refractivity (Wildman–Crippen MR) is 76.3 cm³/mol. The molecule has 0 saturated carbocycles. The highest BCUT2D eigenvalue weighted by Gasteiger charge is 2.25. The molecule has 18 heavy (non-hydrogen) atoms. The van der Waals surface area contributed by atoms with Crippen LogP contribution in [-0.2, 0) is 4.74 Å². The highest BCUT2D eigenvalue weighted by molar-refractivity contribution is 5.53. The SMILES string of the molecule is CCN(c1ccccc1C)C(C)C1CNCCO1. The van der Waals surface area contributed by atoms with Gasteiger partial charge in [-0.1, -0.05) is 18.2 Å². The third-order valence-electron chi connectivity index (χ3n) is 3.75. The molecule has 1 aliphatic heterocycles. The number of rotatable bonds is 4. The number of ether oxygens (including phenoxy) is 1. The van der Waals surface area contributed by atoms with Crippen LogP contribution in [0.2, 0.25) is 0 Å². The van der Waals surface area contributed by atoms with E-state index in [4.69, 9.17) is 4.74 Å². The first kappa shape index (κ1) is 13.4. The van der Waals surface area contributed by atoms with Crippen LogP contribution in [0.3, 0.4) is 0 Å². The van der Waals surface area contributed by atoms with Gasteiger partial charge >= 0.3 is 0 Å². The predicted octanol–water partition coefficient (Wildman–Crippen LogP) is 2.20. The molecule has 2 unspecified atom stereocenters. The summed E-state index contributed by atoms with van der Waals surface area (Å²) in [4.78, 5) is 2.44. The van der Waals surface area contributed by atoms with Crippen molar-refractivity contribution in [2.45, 2.75) is 32.9 Å². The Kier molecular flexibility index (Phi) is 4.61. The van der Waals surface area contributed by atoms with Gasteiger partial charge < -0.3 is 15.0 Å². The van der Waals surface area contributed by atoms with Crippen LogP contribution in [0, 0.1) is 6.92 Å². The van der Waals surface area contributed by atoms with Gasteiger partial charge in [-0.15, -0.1) is 0 Å². The third kappa shape index (κ3) is 2.85. The van der Waals surface area contributed by atoms with E-state index in [1.807, 2.05) is 0 Å². The van der Waals surface area contributed by atoms with Crippen molar-refractivity contribution in [3.8, 4) is 0 Å². The summed E-state index contributed by atoms with van der Waals surface area (Å²) in [6.45, 7) is 10.4. The number of morpholine rings is 1. The van der Waals surface area contributed by atoms with Crippen LogP contribution in [0.4, 0.5) is 5.69 Å². The molecule has 1 aromatic rings. The topological polar surface area (TPSA) is 24.5 Å². The van der Waals surface area contributed by atoms with Crippen LogP contribution in [0.1, 0.15) is 19.4 Å². The Morgan fingerprint density at radius 2 is 2.22 bits per heavy atom. The van der Waals surface area contributed by atoms with Crippen molar-refractivity contribution in [2.75, 3.05) is 31.1 Å². The Hall–Kier alpha value is -1.06. The smallest absolute Gasteiger partial charge is 0.0900 e. The lowest BCUT2D eigenvalue weighted by Gasteiger charge is -2.38. The lowest BCUT2D eigenvalue weighted by molar-refractivity contribution is 0.0146. The maximum atomic E-state index is 5.88. The summed E-state index contributed by atoms with van der Waals surface area (Å²) >= 11 is 0. The number of hydrogen-bond donors (Lipinski definition) is 1. The van der Waals surface area contributed by atoms with Gasteiger partial charge in [0.2, 0.25) is 0 Å². The number of nitrogens with one attached hydrogen (secondary N) is 1. The number of aryl methyl sites for hydroxylation is 1. The molecule has 1 aromatic carbocycles. The average molecular weight is 248 g/mol. The van der Waals surface area contributed by atoms with Gasteiger partial charge in [-0.05, 0) is 32.4 Å². The van der Waals surface area contributed by atoms with E-state index in [-0.39, 0.29) is 6.10 Å². The summed E-state index contributed by atoms with van der Waals surface area (Å²) in [6.07, 6.45) is 0.276. The van der Waals surface area contributed by atoms with Crippen molar-refractivity contribution >= 4 is 5.69 Å². The fraction of sp³-hybridized carbons (Fsp3) is 0.600. The molecule has 2 atom stereocenters. The fourth-order valence-corrected chi connectivity index (χ4v) is 2.66. The molecular weight excluding hydrogens is 224 g/mol. The molecule has 3 nitrogen and oxygen atoms in total. The first-order chi connectivity index (χ1) is 8.74. The molecule has 3 heteroatoms. The maximum Gasteiger partial charge on any atom is 0.0900 e. The molecule has 0 radical (unpaired) electrons. The summed E-state index contributed by atoms with van der Waals surface area (Å²) in [6, 6.07) is 8.97. The van der Waals surface area contributed by atoms with Gasteiger partial charge in [0.1, 0.15) is 0 Å². The minimum Gasteiger partial charge on any atom is -0.373 e. The second-order valence-corrected chi connectivity index (χ2v) is 4.93. The monoisotopic (exact) mass is 248 g/mol. The number of anilines is 1. The van der Waals surface area contributed by atoms with Crippen molar-refractivity contribution in [3.63, 3.8) is 0 Å². The van der Waals surface area contributed by atoms with E-state index in [9.17, 15) is 0 Å². The maximum absolute atomic E-state index is 5.88. The molecular formula is C15H24N2O. The Morgan fingerprint density at radius 3 is 2.83 bits per heavy atom. The summed E-state index contributed by atoms with van der Waals surface area (Å²) in [5.74, 6) is 0. The highest BCUT2D eigenvalue weighted by Crippen LogP contribution is 2.23. The number of hydrogen-bond acceptors (Lipinski definition) is 3. The molecule has 0 aliphatic carbocycles. The van der Waals surface area contributed by atoms with Gasteiger partial charge in [0, 0.05) is 25.3 Å². The Morgan fingerprint density at radius 1 is 1.44 bits per heavy atom. The molecule has 2 rings (SSSR count). The molecule has 100 valence electrons.